The second kappa shape index (κ2) is 5.17. The summed E-state index contributed by atoms with van der Waals surface area (Å²) in [5.41, 5.74) is -0.00629. The van der Waals surface area contributed by atoms with Crippen LogP contribution in [0.15, 0.2) is 18.3 Å². The number of halogens is 4. The molecule has 0 aliphatic carbocycles. The number of nitrogens with zero attached hydrogens (tertiary/aromatic N) is 1. The Balaban J connectivity index is 2.94. The van der Waals surface area contributed by atoms with Crippen molar-refractivity contribution in [3.05, 3.63) is 29.6 Å². The van der Waals surface area contributed by atoms with Gasteiger partial charge >= 0.3 is 6.18 Å². The summed E-state index contributed by atoms with van der Waals surface area (Å²) in [4.78, 5) is 4.08. The van der Waals surface area contributed by atoms with E-state index in [1.165, 1.54) is 6.07 Å². The summed E-state index contributed by atoms with van der Waals surface area (Å²) in [6.45, 7) is 3.95. The average molecular weight is 296 g/mol. The first-order valence-electron chi connectivity index (χ1n) is 5.03. The number of hydrogen-bond donors (Lipinski definition) is 0. The Labute approximate surface area is 101 Å². The van der Waals surface area contributed by atoms with Gasteiger partial charge in [-0.15, -0.1) is 0 Å². The molecule has 0 fully saturated rings. The third kappa shape index (κ3) is 3.20. The molecule has 0 N–H and O–H groups in total. The van der Waals surface area contributed by atoms with E-state index >= 15 is 0 Å². The van der Waals surface area contributed by atoms with E-state index in [1.807, 2.05) is 13.8 Å². The van der Waals surface area contributed by atoms with Crippen molar-refractivity contribution in [1.29, 1.82) is 0 Å². The molecule has 0 saturated heterocycles. The summed E-state index contributed by atoms with van der Waals surface area (Å²) in [6.07, 6.45) is -2.58. The van der Waals surface area contributed by atoms with Gasteiger partial charge in [-0.3, -0.25) is 4.98 Å². The minimum atomic E-state index is -4.31. The van der Waals surface area contributed by atoms with Crippen LogP contribution in [-0.2, 0) is 6.18 Å². The largest absolute Gasteiger partial charge is 0.417 e. The van der Waals surface area contributed by atoms with E-state index in [9.17, 15) is 13.2 Å². The van der Waals surface area contributed by atoms with Gasteiger partial charge in [-0.05, 0) is 18.6 Å². The highest BCUT2D eigenvalue weighted by Gasteiger charge is 2.31. The second-order valence-electron chi connectivity index (χ2n) is 3.66. The smallest absolute Gasteiger partial charge is 0.260 e. The van der Waals surface area contributed by atoms with Crippen molar-refractivity contribution in [3.8, 4) is 0 Å². The zero-order chi connectivity index (χ0) is 12.3. The monoisotopic (exact) mass is 295 g/mol. The van der Waals surface area contributed by atoms with Crippen molar-refractivity contribution in [2.75, 3.05) is 0 Å². The van der Waals surface area contributed by atoms with E-state index in [0.717, 1.165) is 18.7 Å². The molecular formula is C11H13BrF3N. The quantitative estimate of drug-likeness (QED) is 0.754. The van der Waals surface area contributed by atoms with Gasteiger partial charge in [0, 0.05) is 22.6 Å². The Morgan fingerprint density at radius 2 is 2.00 bits per heavy atom. The van der Waals surface area contributed by atoms with E-state index in [0.29, 0.717) is 5.69 Å². The van der Waals surface area contributed by atoms with Crippen LogP contribution < -0.4 is 0 Å². The number of hydrogen-bond acceptors (Lipinski definition) is 1. The lowest BCUT2D eigenvalue weighted by Gasteiger charge is -2.17. The first-order chi connectivity index (χ1) is 7.36. The van der Waals surface area contributed by atoms with Gasteiger partial charge in [0.15, 0.2) is 0 Å². The summed E-state index contributed by atoms with van der Waals surface area (Å²) < 4.78 is 36.9. The van der Waals surface area contributed by atoms with E-state index in [2.05, 4.69) is 20.9 Å². The van der Waals surface area contributed by atoms with Crippen LogP contribution in [-0.4, -0.2) is 9.81 Å². The summed E-state index contributed by atoms with van der Waals surface area (Å²) in [7, 11) is 0. The molecule has 1 heterocycles. The highest BCUT2D eigenvalue weighted by Crippen LogP contribution is 2.31. The molecule has 16 heavy (non-hydrogen) atoms. The molecule has 0 aliphatic heterocycles. The van der Waals surface area contributed by atoms with E-state index in [-0.39, 0.29) is 10.7 Å². The van der Waals surface area contributed by atoms with Gasteiger partial charge in [0.1, 0.15) is 0 Å². The lowest BCUT2D eigenvalue weighted by atomic mass is 9.98. The Bertz CT molecular complexity index is 332. The summed E-state index contributed by atoms with van der Waals surface area (Å²) in [6, 6.07) is 2.54. The van der Waals surface area contributed by atoms with Crippen LogP contribution in [0.5, 0.6) is 0 Å². The molecule has 1 aromatic heterocycles. The molecule has 0 saturated carbocycles. The fraction of sp³-hybridized carbons (Fsp3) is 0.545. The lowest BCUT2D eigenvalue weighted by Crippen LogP contribution is -2.11. The Hall–Kier alpha value is -0.580. The van der Waals surface area contributed by atoms with Crippen LogP contribution in [0.2, 0.25) is 0 Å². The minimum absolute atomic E-state index is 0.141. The van der Waals surface area contributed by atoms with Crippen LogP contribution in [0.4, 0.5) is 13.2 Å². The van der Waals surface area contributed by atoms with Gasteiger partial charge in [0.2, 0.25) is 0 Å². The highest BCUT2D eigenvalue weighted by molar-refractivity contribution is 9.09. The van der Waals surface area contributed by atoms with Gasteiger partial charge in [0.05, 0.1) is 5.56 Å². The maximum Gasteiger partial charge on any atom is 0.417 e. The molecule has 0 amide bonds. The van der Waals surface area contributed by atoms with E-state index in [4.69, 9.17) is 0 Å². The van der Waals surface area contributed by atoms with Gasteiger partial charge in [-0.25, -0.2) is 0 Å². The van der Waals surface area contributed by atoms with Crippen LogP contribution in [0, 0.1) is 0 Å². The molecule has 2 unspecified atom stereocenters. The molecule has 2 atom stereocenters. The van der Waals surface area contributed by atoms with Gasteiger partial charge in [-0.2, -0.15) is 13.2 Å². The third-order valence-corrected chi connectivity index (χ3v) is 3.13. The van der Waals surface area contributed by atoms with Crippen LogP contribution in [0.3, 0.4) is 0 Å². The normalized spacial score (nSPS) is 15.9. The van der Waals surface area contributed by atoms with Crippen molar-refractivity contribution in [2.24, 2.45) is 0 Å². The zero-order valence-electron chi connectivity index (χ0n) is 9.05. The van der Waals surface area contributed by atoms with Crippen LogP contribution in [0.25, 0.3) is 0 Å². The molecule has 0 aliphatic rings. The van der Waals surface area contributed by atoms with Gasteiger partial charge in [0.25, 0.3) is 0 Å². The summed E-state index contributed by atoms with van der Waals surface area (Å²) in [5, 5.41) is 0. The number of alkyl halides is 4. The number of aromatic nitrogens is 1. The Morgan fingerprint density at radius 1 is 1.38 bits per heavy atom. The van der Waals surface area contributed by atoms with Crippen molar-refractivity contribution in [1.82, 2.24) is 4.98 Å². The van der Waals surface area contributed by atoms with Crippen molar-refractivity contribution >= 4 is 15.9 Å². The fourth-order valence-electron chi connectivity index (χ4n) is 1.56. The van der Waals surface area contributed by atoms with Gasteiger partial charge in [-0.1, -0.05) is 29.8 Å². The Kier molecular flexibility index (Phi) is 4.35. The number of pyridine rings is 1. The maximum absolute atomic E-state index is 12.3. The standard InChI is InChI=1S/C11H13BrF3N/c1-3-9(7(2)12)10-5-4-8(6-16-10)11(13,14)15/h4-7,9H,3H2,1-2H3. The SMILES string of the molecule is CCC(c1ccc(C(F)(F)F)cn1)C(C)Br. The summed E-state index contributed by atoms with van der Waals surface area (Å²) >= 11 is 3.43. The molecule has 1 rings (SSSR count). The molecule has 1 aromatic rings. The van der Waals surface area contributed by atoms with Gasteiger partial charge < -0.3 is 0 Å². The molecule has 0 radical (unpaired) electrons. The zero-order valence-corrected chi connectivity index (χ0v) is 10.6. The summed E-state index contributed by atoms with van der Waals surface area (Å²) in [5.74, 6) is 0.141. The first kappa shape index (κ1) is 13.5. The molecule has 0 spiro atoms. The third-order valence-electron chi connectivity index (χ3n) is 2.49. The van der Waals surface area contributed by atoms with E-state index in [1.54, 1.807) is 0 Å². The molecule has 5 heteroatoms. The van der Waals surface area contributed by atoms with Crippen LogP contribution in [0.1, 0.15) is 37.4 Å². The molecule has 0 bridgehead atoms. The van der Waals surface area contributed by atoms with E-state index < -0.39 is 11.7 Å². The van der Waals surface area contributed by atoms with Crippen molar-refractivity contribution < 1.29 is 13.2 Å². The minimum Gasteiger partial charge on any atom is -0.260 e. The fourth-order valence-corrected chi connectivity index (χ4v) is 2.21. The average Bonchev–Trinajstić information content (AvgIpc) is 2.17. The first-order valence-corrected chi connectivity index (χ1v) is 5.95. The highest BCUT2D eigenvalue weighted by atomic mass is 79.9. The van der Waals surface area contributed by atoms with Crippen molar-refractivity contribution in [2.45, 2.75) is 37.2 Å². The molecule has 1 nitrogen and oxygen atoms in total. The number of rotatable bonds is 3. The maximum atomic E-state index is 12.3. The lowest BCUT2D eigenvalue weighted by molar-refractivity contribution is -0.137. The topological polar surface area (TPSA) is 12.9 Å². The molecular weight excluding hydrogens is 283 g/mol. The second-order valence-corrected chi connectivity index (χ2v) is 5.11. The Morgan fingerprint density at radius 3 is 2.31 bits per heavy atom. The predicted octanol–water partition coefficient (Wildman–Crippen LogP) is 4.38. The predicted molar refractivity (Wildman–Crippen MR) is 60.7 cm³/mol. The van der Waals surface area contributed by atoms with Crippen molar-refractivity contribution in [3.63, 3.8) is 0 Å². The molecule has 0 aromatic carbocycles. The van der Waals surface area contributed by atoms with Crippen LogP contribution >= 0.6 is 15.9 Å². The molecule has 90 valence electrons.